The first-order valence-electron chi connectivity index (χ1n) is 5.29. The van der Waals surface area contributed by atoms with E-state index in [1.807, 2.05) is 0 Å². The molecule has 100 valence electrons. The van der Waals surface area contributed by atoms with E-state index in [1.165, 1.54) is 30.3 Å². The van der Waals surface area contributed by atoms with Gasteiger partial charge in [0.25, 0.3) is 5.60 Å². The Kier molecular flexibility index (Phi) is 2.98. The molecule has 6 heteroatoms. The lowest BCUT2D eigenvalue weighted by molar-refractivity contribution is -0.264. The number of halogens is 3. The van der Waals surface area contributed by atoms with Crippen LogP contribution in [0.4, 0.5) is 13.2 Å². The lowest BCUT2D eigenvalue weighted by atomic mass is 9.89. The Morgan fingerprint density at radius 1 is 1.00 bits per heavy atom. The van der Waals surface area contributed by atoms with Gasteiger partial charge in [-0.2, -0.15) is 13.2 Å². The first kappa shape index (κ1) is 13.4. The summed E-state index contributed by atoms with van der Waals surface area (Å²) >= 11 is 0. The summed E-state index contributed by atoms with van der Waals surface area (Å²) in [5.74, 6) is -2.35. The van der Waals surface area contributed by atoms with Gasteiger partial charge in [-0.3, -0.25) is 0 Å². The predicted octanol–water partition coefficient (Wildman–Crippen LogP) is 2.67. The molecule has 0 saturated carbocycles. The Bertz CT molecular complexity index is 631. The van der Waals surface area contributed by atoms with Gasteiger partial charge in [0.15, 0.2) is 0 Å². The largest absolute Gasteiger partial charge is 0.479 e. The number of aliphatic hydroxyl groups is 1. The minimum absolute atomic E-state index is 0.0484. The van der Waals surface area contributed by atoms with Gasteiger partial charge in [-0.05, 0) is 10.8 Å². The van der Waals surface area contributed by atoms with Crippen LogP contribution in [0.3, 0.4) is 0 Å². The van der Waals surface area contributed by atoms with Crippen LogP contribution in [-0.2, 0) is 10.4 Å². The van der Waals surface area contributed by atoms with Crippen molar-refractivity contribution in [1.29, 1.82) is 0 Å². The summed E-state index contributed by atoms with van der Waals surface area (Å²) < 4.78 is 38.8. The summed E-state index contributed by atoms with van der Waals surface area (Å²) in [5.41, 5.74) is -4.61. The van der Waals surface area contributed by atoms with Gasteiger partial charge in [-0.1, -0.05) is 42.5 Å². The number of benzene rings is 2. The molecule has 0 saturated heterocycles. The Labute approximate surface area is 105 Å². The maximum Gasteiger partial charge on any atom is 0.432 e. The van der Waals surface area contributed by atoms with Crippen molar-refractivity contribution in [3.8, 4) is 0 Å². The molecule has 2 aromatic rings. The lowest BCUT2D eigenvalue weighted by Gasteiger charge is -2.27. The monoisotopic (exact) mass is 270 g/mol. The molecule has 0 bridgehead atoms. The normalized spacial score (nSPS) is 15.2. The van der Waals surface area contributed by atoms with E-state index in [2.05, 4.69) is 0 Å². The first-order chi connectivity index (χ1) is 8.78. The Hall–Kier alpha value is -2.08. The number of fused-ring (bicyclic) bond motifs is 1. The SMILES string of the molecule is O=C(O)C(O)(c1cccc2ccccc12)C(F)(F)F. The van der Waals surface area contributed by atoms with E-state index in [1.54, 1.807) is 6.07 Å². The van der Waals surface area contributed by atoms with Gasteiger partial charge in [0.2, 0.25) is 0 Å². The highest BCUT2D eigenvalue weighted by Crippen LogP contribution is 2.41. The minimum atomic E-state index is -5.32. The van der Waals surface area contributed by atoms with Crippen molar-refractivity contribution in [3.05, 3.63) is 48.0 Å². The molecule has 1 atom stereocenters. The summed E-state index contributed by atoms with van der Waals surface area (Å²) in [6.07, 6.45) is -5.32. The highest BCUT2D eigenvalue weighted by atomic mass is 19.4. The molecule has 0 heterocycles. The van der Waals surface area contributed by atoms with Crippen LogP contribution in [0.15, 0.2) is 42.5 Å². The molecule has 0 aliphatic heterocycles. The molecule has 0 spiro atoms. The molecule has 1 unspecified atom stereocenters. The minimum Gasteiger partial charge on any atom is -0.479 e. The van der Waals surface area contributed by atoms with E-state index in [-0.39, 0.29) is 5.39 Å². The molecule has 0 radical (unpaired) electrons. The molecule has 2 aromatic carbocycles. The second-order valence-electron chi connectivity index (χ2n) is 4.04. The molecule has 0 aliphatic rings. The van der Waals surface area contributed by atoms with Gasteiger partial charge >= 0.3 is 12.1 Å². The number of rotatable bonds is 2. The highest BCUT2D eigenvalue weighted by molar-refractivity contribution is 5.92. The van der Waals surface area contributed by atoms with Gasteiger partial charge in [-0.15, -0.1) is 0 Å². The zero-order valence-electron chi connectivity index (χ0n) is 9.48. The van der Waals surface area contributed by atoms with Crippen LogP contribution in [0.1, 0.15) is 5.56 Å². The molecular weight excluding hydrogens is 261 g/mol. The van der Waals surface area contributed by atoms with Crippen LogP contribution in [0, 0.1) is 0 Å². The Morgan fingerprint density at radius 3 is 2.16 bits per heavy atom. The van der Waals surface area contributed by atoms with Crippen molar-refractivity contribution in [1.82, 2.24) is 0 Å². The van der Waals surface area contributed by atoms with Gasteiger partial charge in [0.1, 0.15) is 0 Å². The first-order valence-corrected chi connectivity index (χ1v) is 5.29. The fourth-order valence-corrected chi connectivity index (χ4v) is 1.93. The topological polar surface area (TPSA) is 57.5 Å². The standard InChI is InChI=1S/C13H9F3O3/c14-13(15,16)12(19,11(17)18)10-7-3-5-8-4-1-2-6-9(8)10/h1-7,19H,(H,17,18). The summed E-state index contributed by atoms with van der Waals surface area (Å²) in [5, 5.41) is 18.9. The number of hydrogen-bond acceptors (Lipinski definition) is 2. The third-order valence-corrected chi connectivity index (χ3v) is 2.90. The van der Waals surface area contributed by atoms with Crippen LogP contribution >= 0.6 is 0 Å². The molecule has 0 fully saturated rings. The molecule has 0 amide bonds. The fraction of sp³-hybridized carbons (Fsp3) is 0.154. The van der Waals surface area contributed by atoms with Gasteiger partial charge in [-0.25, -0.2) is 4.79 Å². The van der Waals surface area contributed by atoms with E-state index in [0.717, 1.165) is 6.07 Å². The predicted molar refractivity (Wildman–Crippen MR) is 61.5 cm³/mol. The number of carboxylic acids is 1. The molecule has 19 heavy (non-hydrogen) atoms. The maximum absolute atomic E-state index is 12.9. The zero-order valence-corrected chi connectivity index (χ0v) is 9.48. The zero-order chi connectivity index (χ0) is 14.3. The van der Waals surface area contributed by atoms with Crippen LogP contribution in [0.2, 0.25) is 0 Å². The quantitative estimate of drug-likeness (QED) is 0.882. The summed E-state index contributed by atoms with van der Waals surface area (Å²) in [6, 6.07) is 9.74. The summed E-state index contributed by atoms with van der Waals surface area (Å²) in [4.78, 5) is 10.9. The second kappa shape index (κ2) is 4.24. The number of aliphatic carboxylic acids is 1. The maximum atomic E-state index is 12.9. The van der Waals surface area contributed by atoms with Crippen molar-refractivity contribution >= 4 is 16.7 Å². The van der Waals surface area contributed by atoms with Gasteiger partial charge in [0, 0.05) is 5.56 Å². The molecule has 0 aliphatic carbocycles. The summed E-state index contributed by atoms with van der Waals surface area (Å²) in [7, 11) is 0. The molecule has 3 nitrogen and oxygen atoms in total. The molecule has 2 rings (SSSR count). The van der Waals surface area contributed by atoms with Crippen molar-refractivity contribution in [2.75, 3.05) is 0 Å². The third-order valence-electron chi connectivity index (χ3n) is 2.90. The molecule has 0 aromatic heterocycles. The van der Waals surface area contributed by atoms with E-state index in [4.69, 9.17) is 5.11 Å². The van der Waals surface area contributed by atoms with Crippen LogP contribution < -0.4 is 0 Å². The highest BCUT2D eigenvalue weighted by Gasteiger charge is 2.61. The number of hydrogen-bond donors (Lipinski definition) is 2. The Balaban J connectivity index is 2.82. The number of carbonyl (C=O) groups is 1. The Morgan fingerprint density at radius 2 is 1.58 bits per heavy atom. The van der Waals surface area contributed by atoms with E-state index >= 15 is 0 Å². The van der Waals surface area contributed by atoms with Crippen molar-refractivity contribution in [3.63, 3.8) is 0 Å². The van der Waals surface area contributed by atoms with Gasteiger partial charge < -0.3 is 10.2 Å². The van der Waals surface area contributed by atoms with Crippen molar-refractivity contribution < 1.29 is 28.2 Å². The lowest BCUT2D eigenvalue weighted by Crippen LogP contribution is -2.49. The average Bonchev–Trinajstić information content (AvgIpc) is 2.35. The number of carboxylic acid groups (broad SMARTS) is 1. The number of alkyl halides is 3. The van der Waals surface area contributed by atoms with E-state index in [0.29, 0.717) is 5.39 Å². The second-order valence-corrected chi connectivity index (χ2v) is 4.04. The molecular formula is C13H9F3O3. The van der Waals surface area contributed by atoms with Crippen LogP contribution in [-0.4, -0.2) is 22.4 Å². The van der Waals surface area contributed by atoms with Gasteiger partial charge in [0.05, 0.1) is 0 Å². The van der Waals surface area contributed by atoms with E-state index in [9.17, 15) is 23.1 Å². The van der Waals surface area contributed by atoms with Crippen molar-refractivity contribution in [2.45, 2.75) is 11.8 Å². The van der Waals surface area contributed by atoms with Crippen molar-refractivity contribution in [2.24, 2.45) is 0 Å². The third kappa shape index (κ3) is 1.94. The van der Waals surface area contributed by atoms with Crippen LogP contribution in [0.25, 0.3) is 10.8 Å². The van der Waals surface area contributed by atoms with Crippen LogP contribution in [0.5, 0.6) is 0 Å². The summed E-state index contributed by atoms with van der Waals surface area (Å²) in [6.45, 7) is 0. The molecule has 2 N–H and O–H groups in total. The smallest absolute Gasteiger partial charge is 0.432 e. The average molecular weight is 270 g/mol. The van der Waals surface area contributed by atoms with E-state index < -0.39 is 23.3 Å². The fourth-order valence-electron chi connectivity index (χ4n) is 1.93.